The molecular weight excluding hydrogens is 531 g/mol. The third-order valence-electron chi connectivity index (χ3n) is 4.89. The maximum atomic E-state index is 12.8. The van der Waals surface area contributed by atoms with Crippen molar-refractivity contribution in [1.29, 1.82) is 0 Å². The van der Waals surface area contributed by atoms with Gasteiger partial charge in [0.15, 0.2) is 6.61 Å². The summed E-state index contributed by atoms with van der Waals surface area (Å²) in [4.78, 5) is 38.7. The fourth-order valence-corrected chi connectivity index (χ4v) is 4.74. The van der Waals surface area contributed by atoms with Gasteiger partial charge in [0.1, 0.15) is 5.75 Å². The van der Waals surface area contributed by atoms with E-state index in [0.29, 0.717) is 32.6 Å². The normalized spacial score (nSPS) is 14.5. The standard InChI is InChI=1S/C25H17Cl3N2O4S/c26-17-8-7-16(19(27)12-17)13-30-24(32)22(35-25(30)33)11-15-6-9-21(20(28)10-15)34-14-23(31)29-18-4-2-1-3-5-18/h1-12H,13-14H2,(H,29,31)/b22-11-. The molecule has 4 rings (SSSR count). The van der Waals surface area contributed by atoms with E-state index in [1.54, 1.807) is 54.6 Å². The van der Waals surface area contributed by atoms with Gasteiger partial charge in [-0.3, -0.25) is 19.3 Å². The van der Waals surface area contributed by atoms with Crippen molar-refractivity contribution in [3.63, 3.8) is 0 Å². The van der Waals surface area contributed by atoms with Crippen molar-refractivity contribution in [3.05, 3.63) is 97.8 Å². The lowest BCUT2D eigenvalue weighted by Crippen LogP contribution is -2.27. The van der Waals surface area contributed by atoms with Crippen molar-refractivity contribution < 1.29 is 19.1 Å². The van der Waals surface area contributed by atoms with E-state index >= 15 is 0 Å². The minimum absolute atomic E-state index is 0.0383. The summed E-state index contributed by atoms with van der Waals surface area (Å²) in [5, 5.41) is 3.42. The van der Waals surface area contributed by atoms with E-state index in [4.69, 9.17) is 39.5 Å². The monoisotopic (exact) mass is 546 g/mol. The second-order valence-electron chi connectivity index (χ2n) is 7.40. The fourth-order valence-electron chi connectivity index (χ4n) is 3.19. The molecule has 10 heteroatoms. The molecule has 0 saturated carbocycles. The molecule has 1 heterocycles. The fraction of sp³-hybridized carbons (Fsp3) is 0.0800. The Morgan fingerprint density at radius 2 is 1.74 bits per heavy atom. The molecule has 178 valence electrons. The molecule has 1 aliphatic rings. The number of para-hydroxylation sites is 1. The Bertz CT molecular complexity index is 1330. The van der Waals surface area contributed by atoms with Crippen molar-refractivity contribution in [2.24, 2.45) is 0 Å². The molecule has 1 saturated heterocycles. The van der Waals surface area contributed by atoms with Crippen molar-refractivity contribution in [3.8, 4) is 5.75 Å². The van der Waals surface area contributed by atoms with Gasteiger partial charge in [-0.25, -0.2) is 0 Å². The number of amides is 3. The van der Waals surface area contributed by atoms with Gasteiger partial charge >= 0.3 is 0 Å². The lowest BCUT2D eigenvalue weighted by molar-refractivity contribution is -0.123. The molecule has 0 atom stereocenters. The van der Waals surface area contributed by atoms with Crippen LogP contribution >= 0.6 is 46.6 Å². The smallest absolute Gasteiger partial charge is 0.293 e. The second-order valence-corrected chi connectivity index (χ2v) is 9.64. The van der Waals surface area contributed by atoms with Gasteiger partial charge in [-0.05, 0) is 65.4 Å². The van der Waals surface area contributed by atoms with Crippen LogP contribution in [0.4, 0.5) is 10.5 Å². The SMILES string of the molecule is O=C(COc1ccc(/C=C2\SC(=O)N(Cc3ccc(Cl)cc3Cl)C2=O)cc1Cl)Nc1ccccc1. The molecule has 35 heavy (non-hydrogen) atoms. The zero-order chi connectivity index (χ0) is 24.9. The lowest BCUT2D eigenvalue weighted by atomic mass is 10.2. The molecule has 0 unspecified atom stereocenters. The topological polar surface area (TPSA) is 75.7 Å². The van der Waals surface area contributed by atoms with Crippen molar-refractivity contribution in [1.82, 2.24) is 4.90 Å². The number of nitrogens with one attached hydrogen (secondary N) is 1. The number of hydrogen-bond donors (Lipinski definition) is 1. The molecule has 0 aliphatic carbocycles. The van der Waals surface area contributed by atoms with Crippen LogP contribution in [0.2, 0.25) is 15.1 Å². The molecule has 1 N–H and O–H groups in total. The number of halogens is 3. The van der Waals surface area contributed by atoms with Crippen LogP contribution in [0.3, 0.4) is 0 Å². The summed E-state index contributed by atoms with van der Waals surface area (Å²) in [6.45, 7) is -0.184. The number of ether oxygens (including phenoxy) is 1. The first kappa shape index (κ1) is 25.1. The number of thioether (sulfide) groups is 1. The van der Waals surface area contributed by atoms with Crippen molar-refractivity contribution in [2.75, 3.05) is 11.9 Å². The van der Waals surface area contributed by atoms with Crippen LogP contribution in [-0.4, -0.2) is 28.6 Å². The summed E-state index contributed by atoms with van der Waals surface area (Å²) in [5.74, 6) is -0.441. The third kappa shape index (κ3) is 6.38. The molecular formula is C25H17Cl3N2O4S. The van der Waals surface area contributed by atoms with Gasteiger partial charge in [-0.1, -0.05) is 65.1 Å². The van der Waals surface area contributed by atoms with Crippen LogP contribution in [0, 0.1) is 0 Å². The molecule has 0 radical (unpaired) electrons. The molecule has 0 bridgehead atoms. The highest BCUT2D eigenvalue weighted by molar-refractivity contribution is 8.18. The molecule has 6 nitrogen and oxygen atoms in total. The summed E-state index contributed by atoms with van der Waals surface area (Å²) in [7, 11) is 0. The minimum Gasteiger partial charge on any atom is -0.482 e. The number of carbonyl (C=O) groups excluding carboxylic acids is 3. The van der Waals surface area contributed by atoms with Crippen LogP contribution in [-0.2, 0) is 16.1 Å². The highest BCUT2D eigenvalue weighted by atomic mass is 35.5. The molecule has 1 fully saturated rings. The zero-order valence-corrected chi connectivity index (χ0v) is 21.0. The molecule has 1 aliphatic heterocycles. The Morgan fingerprint density at radius 3 is 2.46 bits per heavy atom. The predicted octanol–water partition coefficient (Wildman–Crippen LogP) is 6.90. The maximum Gasteiger partial charge on any atom is 0.293 e. The van der Waals surface area contributed by atoms with E-state index in [-0.39, 0.29) is 29.0 Å². The number of rotatable bonds is 7. The lowest BCUT2D eigenvalue weighted by Gasteiger charge is -2.13. The van der Waals surface area contributed by atoms with Crippen LogP contribution in [0.1, 0.15) is 11.1 Å². The first-order valence-electron chi connectivity index (χ1n) is 10.3. The van der Waals surface area contributed by atoms with Gasteiger partial charge < -0.3 is 10.1 Å². The van der Waals surface area contributed by atoms with E-state index in [1.807, 2.05) is 18.2 Å². The van der Waals surface area contributed by atoms with E-state index < -0.39 is 11.1 Å². The number of imide groups is 1. The van der Waals surface area contributed by atoms with E-state index in [1.165, 1.54) is 0 Å². The van der Waals surface area contributed by atoms with Crippen LogP contribution in [0.5, 0.6) is 5.75 Å². The Kier molecular flexibility index (Phi) is 8.03. The van der Waals surface area contributed by atoms with Crippen LogP contribution in [0.15, 0.2) is 71.6 Å². The second kappa shape index (κ2) is 11.2. The summed E-state index contributed by atoms with van der Waals surface area (Å²) >= 11 is 19.2. The highest BCUT2D eigenvalue weighted by Crippen LogP contribution is 2.35. The van der Waals surface area contributed by atoms with Crippen LogP contribution in [0.25, 0.3) is 6.08 Å². The van der Waals surface area contributed by atoms with Crippen molar-refractivity contribution in [2.45, 2.75) is 6.54 Å². The first-order valence-corrected chi connectivity index (χ1v) is 12.2. The maximum absolute atomic E-state index is 12.8. The van der Waals surface area contributed by atoms with Crippen LogP contribution < -0.4 is 10.1 Å². The molecule has 3 amide bonds. The minimum atomic E-state index is -0.431. The van der Waals surface area contributed by atoms with Gasteiger partial charge in [0.2, 0.25) is 0 Å². The predicted molar refractivity (Wildman–Crippen MR) is 140 cm³/mol. The Labute approximate surface area is 220 Å². The third-order valence-corrected chi connectivity index (χ3v) is 6.68. The molecule has 3 aromatic rings. The Balaban J connectivity index is 1.40. The summed E-state index contributed by atoms with van der Waals surface area (Å²) in [6, 6.07) is 18.8. The summed E-state index contributed by atoms with van der Waals surface area (Å²) in [5.41, 5.74) is 1.88. The van der Waals surface area contributed by atoms with Gasteiger partial charge in [-0.15, -0.1) is 0 Å². The first-order chi connectivity index (χ1) is 16.8. The number of nitrogens with zero attached hydrogens (tertiary/aromatic N) is 1. The van der Waals surface area contributed by atoms with Crippen molar-refractivity contribution >= 4 is 75.4 Å². The van der Waals surface area contributed by atoms with E-state index in [0.717, 1.165) is 16.7 Å². The van der Waals surface area contributed by atoms with E-state index in [2.05, 4.69) is 5.32 Å². The highest BCUT2D eigenvalue weighted by Gasteiger charge is 2.35. The number of benzene rings is 3. The zero-order valence-electron chi connectivity index (χ0n) is 18.0. The average Bonchev–Trinajstić information content (AvgIpc) is 3.08. The summed E-state index contributed by atoms with van der Waals surface area (Å²) in [6.07, 6.45) is 1.58. The Hall–Kier alpha value is -2.97. The number of anilines is 1. The van der Waals surface area contributed by atoms with E-state index in [9.17, 15) is 14.4 Å². The quantitative estimate of drug-likeness (QED) is 0.326. The average molecular weight is 548 g/mol. The largest absolute Gasteiger partial charge is 0.482 e. The van der Waals surface area contributed by atoms with Gasteiger partial charge in [0.25, 0.3) is 17.1 Å². The van der Waals surface area contributed by atoms with Gasteiger partial charge in [0.05, 0.1) is 16.5 Å². The summed E-state index contributed by atoms with van der Waals surface area (Å²) < 4.78 is 5.52. The van der Waals surface area contributed by atoms with Gasteiger partial charge in [0, 0.05) is 15.7 Å². The van der Waals surface area contributed by atoms with Gasteiger partial charge in [-0.2, -0.15) is 0 Å². The Morgan fingerprint density at radius 1 is 0.971 bits per heavy atom. The molecule has 0 aromatic heterocycles. The number of carbonyl (C=O) groups is 3. The number of hydrogen-bond acceptors (Lipinski definition) is 5. The molecule has 0 spiro atoms. The molecule has 3 aromatic carbocycles.